The Bertz CT molecular complexity index is 919. The molecule has 2 aliphatic heterocycles. The van der Waals surface area contributed by atoms with Crippen LogP contribution in [0.25, 0.3) is 0 Å². The average molecular weight is 439 g/mol. The number of hydrogen-bond acceptors (Lipinski definition) is 5. The molecule has 0 radical (unpaired) electrons. The van der Waals surface area contributed by atoms with Crippen LogP contribution < -0.4 is 4.90 Å². The van der Waals surface area contributed by atoms with Gasteiger partial charge in [-0.1, -0.05) is 31.6 Å². The number of esters is 1. The van der Waals surface area contributed by atoms with Crippen molar-refractivity contribution in [3.63, 3.8) is 0 Å². The molecule has 0 amide bonds. The van der Waals surface area contributed by atoms with Crippen molar-refractivity contribution >= 4 is 11.7 Å². The lowest BCUT2D eigenvalue weighted by Gasteiger charge is -2.52. The van der Waals surface area contributed by atoms with Crippen LogP contribution in [0, 0.1) is 37.0 Å². The molecule has 1 aromatic carbocycles. The van der Waals surface area contributed by atoms with Crippen LogP contribution in [0.15, 0.2) is 29.8 Å². The number of aliphatic hydroxyl groups excluding tert-OH is 1. The Morgan fingerprint density at radius 2 is 1.91 bits per heavy atom. The number of carbonyl (C=O) groups is 1. The first kappa shape index (κ1) is 22.0. The van der Waals surface area contributed by atoms with Crippen molar-refractivity contribution in [2.45, 2.75) is 59.2 Å². The largest absolute Gasteiger partial charge is 0.461 e. The highest BCUT2D eigenvalue weighted by Gasteiger charge is 2.59. The molecule has 0 bridgehead atoms. The summed E-state index contributed by atoms with van der Waals surface area (Å²) < 4.78 is 5.86. The van der Waals surface area contributed by atoms with E-state index in [-0.39, 0.29) is 29.3 Å². The first-order valence-corrected chi connectivity index (χ1v) is 12.4. The number of ether oxygens (including phenoxy) is 1. The molecule has 1 saturated carbocycles. The average Bonchev–Trinajstić information content (AvgIpc) is 3.08. The Balaban J connectivity index is 1.27. The van der Waals surface area contributed by atoms with Crippen LogP contribution in [0.2, 0.25) is 0 Å². The third kappa shape index (κ3) is 3.49. The van der Waals surface area contributed by atoms with Gasteiger partial charge in [-0.05, 0) is 55.9 Å². The molecule has 2 aliphatic carbocycles. The lowest BCUT2D eigenvalue weighted by Crippen LogP contribution is -2.55. The third-order valence-corrected chi connectivity index (χ3v) is 9.25. The minimum atomic E-state index is -0.518. The lowest BCUT2D eigenvalue weighted by molar-refractivity contribution is -0.145. The number of anilines is 1. The van der Waals surface area contributed by atoms with Crippen LogP contribution in [0.5, 0.6) is 0 Å². The topological polar surface area (TPSA) is 53.0 Å². The number of carbonyl (C=O) groups excluding carboxylic acids is 1. The SMILES string of the molecule is Cc1ccc(N2CCN(CC3C(=O)O[C@@H]4CC5=CCC[C@@H](C)[C@@]5(C)[C@@H](O)[C@H]34)CC2)cc1C. The van der Waals surface area contributed by atoms with Gasteiger partial charge < -0.3 is 14.7 Å². The van der Waals surface area contributed by atoms with Crippen LogP contribution in [0.3, 0.4) is 0 Å². The predicted molar refractivity (Wildman–Crippen MR) is 127 cm³/mol. The number of aliphatic hydroxyl groups is 1. The highest BCUT2D eigenvalue weighted by molar-refractivity contribution is 5.76. The summed E-state index contributed by atoms with van der Waals surface area (Å²) in [5.41, 5.74) is 5.02. The number of nitrogens with zero attached hydrogens (tertiary/aromatic N) is 2. The van der Waals surface area contributed by atoms with Gasteiger partial charge >= 0.3 is 5.97 Å². The van der Waals surface area contributed by atoms with Crippen LogP contribution in [-0.2, 0) is 9.53 Å². The number of benzene rings is 1. The van der Waals surface area contributed by atoms with Crippen molar-refractivity contribution < 1.29 is 14.6 Å². The maximum atomic E-state index is 12.9. The Morgan fingerprint density at radius 1 is 1.16 bits per heavy atom. The molecule has 1 N–H and O–H groups in total. The summed E-state index contributed by atoms with van der Waals surface area (Å²) in [5.74, 6) is 0.00102. The van der Waals surface area contributed by atoms with Crippen molar-refractivity contribution in [2.24, 2.45) is 23.2 Å². The van der Waals surface area contributed by atoms with Crippen molar-refractivity contribution in [1.29, 1.82) is 0 Å². The quantitative estimate of drug-likeness (QED) is 0.576. The van der Waals surface area contributed by atoms with Crippen LogP contribution >= 0.6 is 0 Å². The highest BCUT2D eigenvalue weighted by Crippen LogP contribution is 2.56. The Hall–Kier alpha value is -1.85. The first-order valence-electron chi connectivity index (χ1n) is 12.4. The van der Waals surface area contributed by atoms with Gasteiger partial charge in [0.15, 0.2) is 0 Å². The zero-order valence-corrected chi connectivity index (χ0v) is 20.0. The normalized spacial score (nSPS) is 37.5. The van der Waals surface area contributed by atoms with E-state index in [0.717, 1.165) is 45.4 Å². The van der Waals surface area contributed by atoms with E-state index in [9.17, 15) is 9.90 Å². The van der Waals surface area contributed by atoms with Crippen molar-refractivity contribution in [2.75, 3.05) is 37.6 Å². The number of hydrogen-bond donors (Lipinski definition) is 1. The fraction of sp³-hybridized carbons (Fsp3) is 0.667. The summed E-state index contributed by atoms with van der Waals surface area (Å²) in [5, 5.41) is 11.6. The Kier molecular flexibility index (Phi) is 5.61. The number of piperazine rings is 1. The summed E-state index contributed by atoms with van der Waals surface area (Å²) >= 11 is 0. The number of allylic oxidation sites excluding steroid dienone is 1. The summed E-state index contributed by atoms with van der Waals surface area (Å²) in [6.07, 6.45) is 4.59. The molecule has 4 aliphatic rings. The molecule has 0 aromatic heterocycles. The smallest absolute Gasteiger partial charge is 0.311 e. The molecule has 5 heteroatoms. The molecule has 6 atom stereocenters. The molecule has 0 spiro atoms. The van der Waals surface area contributed by atoms with Crippen LogP contribution in [-0.4, -0.2) is 60.9 Å². The molecule has 3 fully saturated rings. The molecule has 1 unspecified atom stereocenters. The van der Waals surface area contributed by atoms with Gasteiger partial charge in [-0.2, -0.15) is 0 Å². The summed E-state index contributed by atoms with van der Waals surface area (Å²) in [4.78, 5) is 17.8. The second-order valence-electron chi connectivity index (χ2n) is 10.9. The van der Waals surface area contributed by atoms with Crippen LogP contribution in [0.4, 0.5) is 5.69 Å². The Labute approximate surface area is 192 Å². The van der Waals surface area contributed by atoms with E-state index in [4.69, 9.17) is 4.74 Å². The van der Waals surface area contributed by atoms with Gasteiger partial charge in [0.25, 0.3) is 0 Å². The van der Waals surface area contributed by atoms with E-state index in [1.165, 1.54) is 22.4 Å². The van der Waals surface area contributed by atoms with E-state index >= 15 is 0 Å². The number of fused-ring (bicyclic) bond motifs is 2. The fourth-order valence-electron chi connectivity index (χ4n) is 6.66. The minimum Gasteiger partial charge on any atom is -0.461 e. The van der Waals surface area contributed by atoms with Crippen LogP contribution in [0.1, 0.15) is 44.2 Å². The van der Waals surface area contributed by atoms with Gasteiger partial charge in [0.2, 0.25) is 0 Å². The number of rotatable bonds is 3. The zero-order valence-electron chi connectivity index (χ0n) is 20.0. The summed E-state index contributed by atoms with van der Waals surface area (Å²) in [6, 6.07) is 6.69. The molecule has 2 saturated heterocycles. The van der Waals surface area contributed by atoms with E-state index in [0.29, 0.717) is 12.5 Å². The molecule has 174 valence electrons. The zero-order chi connectivity index (χ0) is 22.6. The van der Waals surface area contributed by atoms with Gasteiger partial charge in [-0.15, -0.1) is 0 Å². The highest BCUT2D eigenvalue weighted by atomic mass is 16.6. The number of aryl methyl sites for hydroxylation is 2. The monoisotopic (exact) mass is 438 g/mol. The lowest BCUT2D eigenvalue weighted by atomic mass is 9.55. The van der Waals surface area contributed by atoms with E-state index in [1.54, 1.807) is 0 Å². The van der Waals surface area contributed by atoms with Gasteiger partial charge in [0.05, 0.1) is 12.0 Å². The van der Waals surface area contributed by atoms with E-state index < -0.39 is 6.10 Å². The maximum absolute atomic E-state index is 12.9. The fourth-order valence-corrected chi connectivity index (χ4v) is 6.66. The minimum absolute atomic E-state index is 0.0945. The van der Waals surface area contributed by atoms with E-state index in [2.05, 4.69) is 61.8 Å². The second kappa shape index (κ2) is 8.18. The maximum Gasteiger partial charge on any atom is 0.311 e. The molecule has 32 heavy (non-hydrogen) atoms. The molecule has 2 heterocycles. The first-order chi connectivity index (χ1) is 15.3. The molecule has 1 aromatic rings. The van der Waals surface area contributed by atoms with Crippen molar-refractivity contribution in [1.82, 2.24) is 4.90 Å². The van der Waals surface area contributed by atoms with Gasteiger partial charge in [0, 0.05) is 56.2 Å². The second-order valence-corrected chi connectivity index (χ2v) is 10.9. The Morgan fingerprint density at radius 3 is 2.62 bits per heavy atom. The van der Waals surface area contributed by atoms with Crippen molar-refractivity contribution in [3.8, 4) is 0 Å². The standard InChI is InChI=1S/C27H38N2O3/c1-17-8-9-21(14-18(17)2)29-12-10-28(11-13-29)16-22-24-23(32-26(22)31)15-20-7-5-6-19(3)27(20,4)25(24)30/h7-9,14,19,22-25,30H,5-6,10-13,15-16H2,1-4H3/t19-,22?,23-,24-,25+,27-/m1/s1. The predicted octanol–water partition coefficient (Wildman–Crippen LogP) is 3.71. The summed E-state index contributed by atoms with van der Waals surface area (Å²) in [6.45, 7) is 13.3. The molecular formula is C27H38N2O3. The third-order valence-electron chi connectivity index (χ3n) is 9.25. The van der Waals surface area contributed by atoms with E-state index in [1.807, 2.05) is 0 Å². The van der Waals surface area contributed by atoms with Gasteiger partial charge in [-0.25, -0.2) is 0 Å². The summed E-state index contributed by atoms with van der Waals surface area (Å²) in [7, 11) is 0. The molecule has 5 nitrogen and oxygen atoms in total. The van der Waals surface area contributed by atoms with Crippen molar-refractivity contribution in [3.05, 3.63) is 41.0 Å². The van der Waals surface area contributed by atoms with Gasteiger partial charge in [0.1, 0.15) is 6.10 Å². The van der Waals surface area contributed by atoms with Gasteiger partial charge in [-0.3, -0.25) is 9.69 Å². The molecule has 5 rings (SSSR count). The molecular weight excluding hydrogens is 400 g/mol.